The lowest BCUT2D eigenvalue weighted by Gasteiger charge is -2.30. The molecule has 0 aliphatic heterocycles. The number of nitrogens with two attached hydrogens (primary N) is 1. The van der Waals surface area contributed by atoms with Crippen LogP contribution in [-0.2, 0) is 0 Å². The Hall–Kier alpha value is -2.06. The summed E-state index contributed by atoms with van der Waals surface area (Å²) in [4.78, 5) is 23.6. The smallest absolute Gasteiger partial charge is 0.286 e. The number of rotatable bonds is 8. The van der Waals surface area contributed by atoms with E-state index in [1.807, 2.05) is 0 Å². The largest absolute Gasteiger partial charge is 0.493 e. The van der Waals surface area contributed by atoms with Crippen molar-refractivity contribution in [1.82, 2.24) is 5.32 Å². The summed E-state index contributed by atoms with van der Waals surface area (Å²) >= 11 is 0. The van der Waals surface area contributed by atoms with Crippen molar-refractivity contribution in [1.29, 1.82) is 0 Å². The fourth-order valence-corrected chi connectivity index (χ4v) is 3.46. The highest BCUT2D eigenvalue weighted by Crippen LogP contribution is 2.35. The Labute approximate surface area is 165 Å². The van der Waals surface area contributed by atoms with E-state index in [0.29, 0.717) is 19.1 Å². The zero-order valence-electron chi connectivity index (χ0n) is 15.7. The number of amides is 1. The van der Waals surface area contributed by atoms with Crippen LogP contribution in [0.15, 0.2) is 12.1 Å². The van der Waals surface area contributed by atoms with Gasteiger partial charge in [-0.3, -0.25) is 14.9 Å². The first kappa shape index (κ1) is 23.0. The number of nitrogens with one attached hydrogen (secondary N) is 1. The van der Waals surface area contributed by atoms with Gasteiger partial charge in [0.25, 0.3) is 11.6 Å². The van der Waals surface area contributed by atoms with Gasteiger partial charge in [0.1, 0.15) is 5.56 Å². The lowest BCUT2D eigenvalue weighted by Crippen LogP contribution is -2.46. The molecular weight excluding hydrogens is 374 g/mol. The van der Waals surface area contributed by atoms with Gasteiger partial charge in [-0.2, -0.15) is 0 Å². The lowest BCUT2D eigenvalue weighted by molar-refractivity contribution is -0.385. The summed E-state index contributed by atoms with van der Waals surface area (Å²) in [5.74, 6) is 0.311. The van der Waals surface area contributed by atoms with Crippen molar-refractivity contribution in [2.24, 2.45) is 11.7 Å². The van der Waals surface area contributed by atoms with E-state index in [4.69, 9.17) is 15.2 Å². The third-order valence-electron chi connectivity index (χ3n) is 4.81. The summed E-state index contributed by atoms with van der Waals surface area (Å²) in [6, 6.07) is 2.39. The zero-order valence-corrected chi connectivity index (χ0v) is 16.5. The van der Waals surface area contributed by atoms with E-state index in [1.165, 1.54) is 25.7 Å². The molecule has 3 N–H and O–H groups in total. The Morgan fingerprint density at radius 2 is 2.00 bits per heavy atom. The molecule has 1 fully saturated rings. The summed E-state index contributed by atoms with van der Waals surface area (Å²) in [7, 11) is 1.43. The number of methoxy groups -OCH3 is 1. The Morgan fingerprint density at radius 3 is 2.52 bits per heavy atom. The van der Waals surface area contributed by atoms with Crippen molar-refractivity contribution < 1.29 is 19.2 Å². The second-order valence-corrected chi connectivity index (χ2v) is 6.42. The van der Waals surface area contributed by atoms with E-state index in [1.54, 1.807) is 6.92 Å². The van der Waals surface area contributed by atoms with Crippen molar-refractivity contribution in [3.63, 3.8) is 0 Å². The number of nitrogens with zero attached hydrogens (tertiary/aromatic N) is 1. The molecule has 27 heavy (non-hydrogen) atoms. The average Bonchev–Trinajstić information content (AvgIpc) is 2.66. The SMILES string of the molecule is CCOc1cc([N+](=O)[O-])c(C(=O)NC(CN)C2CCCCC2)cc1OC.Cl. The summed E-state index contributed by atoms with van der Waals surface area (Å²) in [5, 5.41) is 14.3. The Kier molecular flexibility index (Phi) is 9.31. The highest BCUT2D eigenvalue weighted by Gasteiger charge is 2.29. The Morgan fingerprint density at radius 1 is 1.33 bits per heavy atom. The Bertz CT molecular complexity index is 650. The van der Waals surface area contributed by atoms with Gasteiger partial charge in [-0.1, -0.05) is 19.3 Å². The van der Waals surface area contributed by atoms with Crippen molar-refractivity contribution in [3.8, 4) is 11.5 Å². The maximum absolute atomic E-state index is 12.8. The molecule has 1 aliphatic carbocycles. The highest BCUT2D eigenvalue weighted by atomic mass is 35.5. The van der Waals surface area contributed by atoms with Crippen LogP contribution in [-0.4, -0.2) is 37.1 Å². The van der Waals surface area contributed by atoms with E-state index in [-0.39, 0.29) is 41.2 Å². The summed E-state index contributed by atoms with van der Waals surface area (Å²) in [6.45, 7) is 2.40. The molecule has 152 valence electrons. The van der Waals surface area contributed by atoms with Crippen molar-refractivity contribution >= 4 is 24.0 Å². The first-order chi connectivity index (χ1) is 12.5. The van der Waals surface area contributed by atoms with Crippen LogP contribution in [0, 0.1) is 16.0 Å². The van der Waals surface area contributed by atoms with E-state index >= 15 is 0 Å². The van der Waals surface area contributed by atoms with Gasteiger partial charge >= 0.3 is 0 Å². The fraction of sp³-hybridized carbons (Fsp3) is 0.611. The molecule has 1 aromatic carbocycles. The van der Waals surface area contributed by atoms with Crippen LogP contribution in [0.2, 0.25) is 0 Å². The molecular formula is C18H28ClN3O5. The van der Waals surface area contributed by atoms with Crippen LogP contribution in [0.3, 0.4) is 0 Å². The third-order valence-corrected chi connectivity index (χ3v) is 4.81. The van der Waals surface area contributed by atoms with Crippen LogP contribution in [0.25, 0.3) is 0 Å². The summed E-state index contributed by atoms with van der Waals surface area (Å²) < 4.78 is 10.6. The van der Waals surface area contributed by atoms with Gasteiger partial charge in [-0.05, 0) is 25.7 Å². The minimum Gasteiger partial charge on any atom is -0.493 e. The molecule has 8 nitrogen and oxygen atoms in total. The number of hydrogen-bond donors (Lipinski definition) is 2. The average molecular weight is 402 g/mol. The quantitative estimate of drug-likeness (QED) is 0.510. The molecule has 1 aliphatic rings. The highest BCUT2D eigenvalue weighted by molar-refractivity contribution is 5.99. The molecule has 1 amide bonds. The number of carbonyl (C=O) groups excluding carboxylic acids is 1. The number of nitro benzene ring substituents is 1. The van der Waals surface area contributed by atoms with Gasteiger partial charge in [0.15, 0.2) is 11.5 Å². The topological polar surface area (TPSA) is 117 Å². The minimum atomic E-state index is -0.588. The Balaban J connectivity index is 0.00000364. The maximum atomic E-state index is 12.8. The van der Waals surface area contributed by atoms with E-state index < -0.39 is 10.8 Å². The molecule has 0 heterocycles. The molecule has 1 aromatic rings. The third kappa shape index (κ3) is 5.71. The number of carbonyl (C=O) groups is 1. The number of hydrogen-bond acceptors (Lipinski definition) is 6. The first-order valence-electron chi connectivity index (χ1n) is 9.01. The summed E-state index contributed by atoms with van der Waals surface area (Å²) in [6.07, 6.45) is 5.46. The molecule has 2 rings (SSSR count). The van der Waals surface area contributed by atoms with Gasteiger partial charge < -0.3 is 20.5 Å². The maximum Gasteiger partial charge on any atom is 0.286 e. The number of halogens is 1. The van der Waals surface area contributed by atoms with Crippen LogP contribution in [0.1, 0.15) is 49.4 Å². The normalized spacial score (nSPS) is 15.4. The molecule has 9 heteroatoms. The van der Waals surface area contributed by atoms with Gasteiger partial charge in [-0.25, -0.2) is 0 Å². The molecule has 0 aromatic heterocycles. The number of benzene rings is 1. The molecule has 0 bridgehead atoms. The molecule has 1 unspecified atom stereocenters. The van der Waals surface area contributed by atoms with Gasteiger partial charge in [-0.15, -0.1) is 12.4 Å². The van der Waals surface area contributed by atoms with Crippen LogP contribution >= 0.6 is 12.4 Å². The summed E-state index contributed by atoms with van der Waals surface area (Å²) in [5.41, 5.74) is 5.49. The van der Waals surface area contributed by atoms with Gasteiger partial charge in [0, 0.05) is 18.7 Å². The van der Waals surface area contributed by atoms with Gasteiger partial charge in [0.05, 0.1) is 24.7 Å². The molecule has 0 spiro atoms. The van der Waals surface area contributed by atoms with Crippen LogP contribution in [0.5, 0.6) is 11.5 Å². The molecule has 0 radical (unpaired) electrons. The second kappa shape index (κ2) is 10.9. The van der Waals surface area contributed by atoms with E-state index in [0.717, 1.165) is 25.7 Å². The number of ether oxygens (including phenoxy) is 2. The van der Waals surface area contributed by atoms with E-state index in [2.05, 4.69) is 5.32 Å². The van der Waals surface area contributed by atoms with E-state index in [9.17, 15) is 14.9 Å². The lowest BCUT2D eigenvalue weighted by atomic mass is 9.84. The van der Waals surface area contributed by atoms with Crippen molar-refractivity contribution in [2.45, 2.75) is 45.1 Å². The van der Waals surface area contributed by atoms with Crippen molar-refractivity contribution in [2.75, 3.05) is 20.3 Å². The minimum absolute atomic E-state index is 0. The monoisotopic (exact) mass is 401 g/mol. The number of nitro groups is 1. The van der Waals surface area contributed by atoms with Gasteiger partial charge in [0.2, 0.25) is 0 Å². The second-order valence-electron chi connectivity index (χ2n) is 6.42. The molecule has 0 saturated heterocycles. The van der Waals surface area contributed by atoms with Crippen molar-refractivity contribution in [3.05, 3.63) is 27.8 Å². The predicted molar refractivity (Wildman–Crippen MR) is 105 cm³/mol. The standard InChI is InChI=1S/C18H27N3O5.ClH/c1-3-26-17-10-15(21(23)24)13(9-16(17)25-2)18(22)20-14(11-19)12-7-5-4-6-8-12;/h9-10,12,14H,3-8,11,19H2,1-2H3,(H,20,22);1H. The molecule has 1 saturated carbocycles. The predicted octanol–water partition coefficient (Wildman–Crippen LogP) is 3.06. The zero-order chi connectivity index (χ0) is 19.1. The van der Waals surface area contributed by atoms with Crippen LogP contribution < -0.4 is 20.5 Å². The molecule has 1 atom stereocenters. The fourth-order valence-electron chi connectivity index (χ4n) is 3.46. The first-order valence-corrected chi connectivity index (χ1v) is 9.01. The van der Waals surface area contributed by atoms with Crippen LogP contribution in [0.4, 0.5) is 5.69 Å².